The van der Waals surface area contributed by atoms with E-state index in [9.17, 15) is 5.11 Å². The molecule has 0 aliphatic rings. The summed E-state index contributed by atoms with van der Waals surface area (Å²) in [7, 11) is 0. The summed E-state index contributed by atoms with van der Waals surface area (Å²) in [6.07, 6.45) is 0.590. The van der Waals surface area contributed by atoms with E-state index in [1.54, 1.807) is 6.92 Å². The van der Waals surface area contributed by atoms with Gasteiger partial charge in [-0.25, -0.2) is 0 Å². The monoisotopic (exact) mass is 158 g/mol. The van der Waals surface area contributed by atoms with Crippen LogP contribution in [0, 0.1) is 0 Å². The lowest BCUT2D eigenvalue weighted by Gasteiger charge is -2.17. The Bertz CT molecular complexity index is 145. The van der Waals surface area contributed by atoms with Crippen LogP contribution in [0.4, 0.5) is 0 Å². The molecule has 0 aliphatic heterocycles. The van der Waals surface area contributed by atoms with Gasteiger partial charge in [0.2, 0.25) is 0 Å². The van der Waals surface area contributed by atoms with Crippen LogP contribution >= 0.6 is 0 Å². The Morgan fingerprint density at radius 2 is 1.55 bits per heavy atom. The molecule has 0 rings (SSSR count). The first-order valence-electron chi connectivity index (χ1n) is 3.93. The lowest BCUT2D eigenvalue weighted by Crippen LogP contribution is -2.20. The Morgan fingerprint density at radius 3 is 1.82 bits per heavy atom. The molecule has 0 heterocycles. The number of hydrogen-bond donors (Lipinski definition) is 1. The van der Waals surface area contributed by atoms with Gasteiger partial charge in [-0.2, -0.15) is 10.2 Å². The largest absolute Gasteiger partial charge is 0.368 e. The quantitative estimate of drug-likeness (QED) is 0.616. The van der Waals surface area contributed by atoms with E-state index in [2.05, 4.69) is 10.2 Å². The fourth-order valence-corrected chi connectivity index (χ4v) is 0.328. The molecule has 0 bridgehead atoms. The van der Waals surface area contributed by atoms with Crippen molar-refractivity contribution >= 4 is 0 Å². The Kier molecular flexibility index (Phi) is 3.17. The average molecular weight is 158 g/mol. The second-order valence-corrected chi connectivity index (χ2v) is 3.94. The summed E-state index contributed by atoms with van der Waals surface area (Å²) in [6, 6.07) is 0. The third-order valence-electron chi connectivity index (χ3n) is 1.24. The van der Waals surface area contributed by atoms with Gasteiger partial charge in [0.25, 0.3) is 0 Å². The second kappa shape index (κ2) is 3.30. The topological polar surface area (TPSA) is 45.0 Å². The van der Waals surface area contributed by atoms with Crippen molar-refractivity contribution in [1.82, 2.24) is 0 Å². The molecule has 3 nitrogen and oxygen atoms in total. The van der Waals surface area contributed by atoms with Crippen LogP contribution in [0.15, 0.2) is 10.2 Å². The Morgan fingerprint density at radius 1 is 1.09 bits per heavy atom. The Labute approximate surface area is 68.5 Å². The minimum Gasteiger partial charge on any atom is -0.368 e. The molecule has 0 saturated carbocycles. The van der Waals surface area contributed by atoms with Gasteiger partial charge in [-0.3, -0.25) is 0 Å². The van der Waals surface area contributed by atoms with Crippen LogP contribution in [0.3, 0.4) is 0 Å². The predicted octanol–water partition coefficient (Wildman–Crippen LogP) is 2.36. The second-order valence-electron chi connectivity index (χ2n) is 3.94. The van der Waals surface area contributed by atoms with Gasteiger partial charge in [0, 0.05) is 0 Å². The first kappa shape index (κ1) is 10.6. The molecule has 0 aromatic heterocycles. The highest BCUT2D eigenvalue weighted by Gasteiger charge is 2.17. The number of rotatable bonds is 2. The van der Waals surface area contributed by atoms with Gasteiger partial charge < -0.3 is 5.11 Å². The van der Waals surface area contributed by atoms with E-state index in [1.807, 2.05) is 27.7 Å². The van der Waals surface area contributed by atoms with E-state index >= 15 is 0 Å². The maximum absolute atomic E-state index is 9.43. The zero-order valence-electron chi connectivity index (χ0n) is 8.05. The molecule has 3 heteroatoms. The molecular weight excluding hydrogens is 140 g/mol. The molecule has 0 spiro atoms. The lowest BCUT2D eigenvalue weighted by molar-refractivity contribution is 0.0546. The molecule has 0 aromatic carbocycles. The van der Waals surface area contributed by atoms with Crippen molar-refractivity contribution in [2.24, 2.45) is 10.2 Å². The van der Waals surface area contributed by atoms with Crippen molar-refractivity contribution < 1.29 is 5.11 Å². The van der Waals surface area contributed by atoms with Crippen LogP contribution in [0.2, 0.25) is 0 Å². The summed E-state index contributed by atoms with van der Waals surface area (Å²) in [5.74, 6) is 0. The molecule has 11 heavy (non-hydrogen) atoms. The van der Waals surface area contributed by atoms with Crippen molar-refractivity contribution in [2.45, 2.75) is 52.3 Å². The van der Waals surface area contributed by atoms with Crippen molar-refractivity contribution in [3.63, 3.8) is 0 Å². The Hall–Kier alpha value is -0.440. The third-order valence-corrected chi connectivity index (χ3v) is 1.24. The van der Waals surface area contributed by atoms with Crippen LogP contribution in [0.1, 0.15) is 41.0 Å². The molecule has 1 atom stereocenters. The molecule has 66 valence electrons. The average Bonchev–Trinajstić information content (AvgIpc) is 1.83. The minimum atomic E-state index is -0.993. The van der Waals surface area contributed by atoms with Crippen LogP contribution in [0.5, 0.6) is 0 Å². The smallest absolute Gasteiger partial charge is 0.172 e. The van der Waals surface area contributed by atoms with Crippen molar-refractivity contribution in [1.29, 1.82) is 0 Å². The summed E-state index contributed by atoms with van der Waals surface area (Å²) in [6.45, 7) is 9.37. The summed E-state index contributed by atoms with van der Waals surface area (Å²) in [5, 5.41) is 17.2. The number of hydrogen-bond acceptors (Lipinski definition) is 3. The minimum absolute atomic E-state index is 0.195. The molecule has 0 amide bonds. The van der Waals surface area contributed by atoms with Gasteiger partial charge >= 0.3 is 0 Å². The third kappa shape index (κ3) is 5.98. The summed E-state index contributed by atoms with van der Waals surface area (Å²) in [5.41, 5.74) is -1.19. The first-order chi connectivity index (χ1) is 4.77. The van der Waals surface area contributed by atoms with E-state index in [1.165, 1.54) is 0 Å². The van der Waals surface area contributed by atoms with Crippen LogP contribution in [-0.2, 0) is 0 Å². The maximum atomic E-state index is 9.43. The molecule has 1 N–H and O–H groups in total. The van der Waals surface area contributed by atoms with E-state index in [4.69, 9.17) is 0 Å². The summed E-state index contributed by atoms with van der Waals surface area (Å²) >= 11 is 0. The maximum Gasteiger partial charge on any atom is 0.172 e. The van der Waals surface area contributed by atoms with E-state index < -0.39 is 5.72 Å². The van der Waals surface area contributed by atoms with E-state index in [-0.39, 0.29) is 5.54 Å². The van der Waals surface area contributed by atoms with Crippen molar-refractivity contribution in [2.75, 3.05) is 0 Å². The van der Waals surface area contributed by atoms with Crippen LogP contribution in [0.25, 0.3) is 0 Å². The predicted molar refractivity (Wildman–Crippen MR) is 45.5 cm³/mol. The van der Waals surface area contributed by atoms with Crippen LogP contribution in [-0.4, -0.2) is 16.4 Å². The standard InChI is InChI=1S/C8H18N2O/c1-6-8(5,11)10-9-7(2,3)4/h11H,6H2,1-5H3. The molecule has 0 radical (unpaired) electrons. The number of azo groups is 1. The molecular formula is C8H18N2O. The fourth-order valence-electron chi connectivity index (χ4n) is 0.328. The van der Waals surface area contributed by atoms with Gasteiger partial charge in [0.15, 0.2) is 5.72 Å². The highest BCUT2D eigenvalue weighted by molar-refractivity contribution is 4.71. The van der Waals surface area contributed by atoms with Gasteiger partial charge in [0.05, 0.1) is 5.54 Å². The fraction of sp³-hybridized carbons (Fsp3) is 1.00. The molecule has 1 unspecified atom stereocenters. The number of aliphatic hydroxyl groups is 1. The van der Waals surface area contributed by atoms with Gasteiger partial charge in [-0.15, -0.1) is 0 Å². The Balaban J connectivity index is 4.13. The molecule has 0 saturated heterocycles. The highest BCUT2D eigenvalue weighted by atomic mass is 16.3. The summed E-state index contributed by atoms with van der Waals surface area (Å²) in [4.78, 5) is 0. The first-order valence-corrected chi connectivity index (χ1v) is 3.93. The molecule has 0 aromatic rings. The summed E-state index contributed by atoms with van der Waals surface area (Å²) < 4.78 is 0. The van der Waals surface area contributed by atoms with Crippen LogP contribution < -0.4 is 0 Å². The highest BCUT2D eigenvalue weighted by Crippen LogP contribution is 2.15. The van der Waals surface area contributed by atoms with E-state index in [0.717, 1.165) is 0 Å². The lowest BCUT2D eigenvalue weighted by atomic mass is 10.1. The SMILES string of the molecule is CCC(C)(O)N=NC(C)(C)C. The van der Waals surface area contributed by atoms with E-state index in [0.29, 0.717) is 6.42 Å². The zero-order chi connectivity index (χ0) is 9.12. The zero-order valence-corrected chi connectivity index (χ0v) is 8.05. The van der Waals surface area contributed by atoms with Crippen molar-refractivity contribution in [3.8, 4) is 0 Å². The number of nitrogens with zero attached hydrogens (tertiary/aromatic N) is 2. The van der Waals surface area contributed by atoms with Crippen molar-refractivity contribution in [3.05, 3.63) is 0 Å². The normalized spacial score (nSPS) is 18.7. The van der Waals surface area contributed by atoms with Gasteiger partial charge in [0.1, 0.15) is 0 Å². The molecule has 0 aliphatic carbocycles. The molecule has 0 fully saturated rings. The van der Waals surface area contributed by atoms with Gasteiger partial charge in [-0.05, 0) is 34.1 Å². The van der Waals surface area contributed by atoms with Gasteiger partial charge in [-0.1, -0.05) is 6.92 Å².